The van der Waals surface area contributed by atoms with Gasteiger partial charge in [-0.05, 0) is 41.0 Å². The van der Waals surface area contributed by atoms with Crippen LogP contribution in [0.3, 0.4) is 0 Å². The molecule has 160 valence electrons. The van der Waals surface area contributed by atoms with E-state index in [2.05, 4.69) is 49.7 Å². The predicted octanol–water partition coefficient (Wildman–Crippen LogP) is 5.04. The second-order valence-electron chi connectivity index (χ2n) is 7.44. The molecule has 0 saturated carbocycles. The van der Waals surface area contributed by atoms with Gasteiger partial charge in [-0.15, -0.1) is 0 Å². The van der Waals surface area contributed by atoms with Gasteiger partial charge in [-0.25, -0.2) is 9.97 Å². The summed E-state index contributed by atoms with van der Waals surface area (Å²) in [5.41, 5.74) is 3.96. The summed E-state index contributed by atoms with van der Waals surface area (Å²) in [6, 6.07) is 15.8. The zero-order valence-corrected chi connectivity index (χ0v) is 18.5. The fraction of sp³-hybridized carbons (Fsp3) is 0.130. The second kappa shape index (κ2) is 8.98. The maximum Gasteiger partial charge on any atom is 0.186 e. The Balaban J connectivity index is 1.30. The summed E-state index contributed by atoms with van der Waals surface area (Å²) in [6.07, 6.45) is 7.21. The number of halogens is 2. The van der Waals surface area contributed by atoms with Crippen molar-refractivity contribution in [1.29, 1.82) is 0 Å². The summed E-state index contributed by atoms with van der Waals surface area (Å²) in [4.78, 5) is 8.69. The maximum absolute atomic E-state index is 6.10. The lowest BCUT2D eigenvalue weighted by Crippen LogP contribution is -2.02. The number of nitrogens with zero attached hydrogens (tertiary/aromatic N) is 6. The molecule has 5 aromatic rings. The molecule has 1 N–H and O–H groups in total. The number of fused-ring (bicyclic) bond motifs is 1. The van der Waals surface area contributed by atoms with Crippen molar-refractivity contribution in [3.05, 3.63) is 100 Å². The number of aromatic nitrogens is 6. The van der Waals surface area contributed by atoms with E-state index < -0.39 is 0 Å². The van der Waals surface area contributed by atoms with Crippen LogP contribution in [0.1, 0.15) is 16.7 Å². The Labute approximate surface area is 194 Å². The first-order valence-corrected chi connectivity index (χ1v) is 10.8. The Morgan fingerprint density at radius 2 is 1.56 bits per heavy atom. The third-order valence-electron chi connectivity index (χ3n) is 5.02. The summed E-state index contributed by atoms with van der Waals surface area (Å²) < 4.78 is 3.78. The zero-order valence-electron chi connectivity index (χ0n) is 17.0. The van der Waals surface area contributed by atoms with Crippen LogP contribution in [-0.4, -0.2) is 29.5 Å². The van der Waals surface area contributed by atoms with Crippen LogP contribution in [-0.2, 0) is 19.6 Å². The van der Waals surface area contributed by atoms with Crippen LogP contribution in [0.25, 0.3) is 11.0 Å². The molecule has 0 saturated heterocycles. The van der Waals surface area contributed by atoms with Gasteiger partial charge in [-0.1, -0.05) is 47.5 Å². The summed E-state index contributed by atoms with van der Waals surface area (Å²) >= 11 is 12.2. The highest BCUT2D eigenvalue weighted by molar-refractivity contribution is 6.34. The van der Waals surface area contributed by atoms with Gasteiger partial charge in [0.15, 0.2) is 5.65 Å². The van der Waals surface area contributed by atoms with Crippen LogP contribution in [0.5, 0.6) is 0 Å². The van der Waals surface area contributed by atoms with E-state index in [1.165, 1.54) is 11.9 Å². The zero-order chi connectivity index (χ0) is 21.9. The SMILES string of the molecule is Clc1cc(Cl)cc(CNc2ncnc3nn(Cc4ccc(Cn5cccn5)cc4)cc23)c1. The van der Waals surface area contributed by atoms with Crippen LogP contribution in [0.2, 0.25) is 10.0 Å². The van der Waals surface area contributed by atoms with E-state index in [9.17, 15) is 0 Å². The van der Waals surface area contributed by atoms with Crippen molar-refractivity contribution < 1.29 is 0 Å². The number of benzene rings is 2. The maximum atomic E-state index is 6.10. The molecule has 0 aliphatic heterocycles. The van der Waals surface area contributed by atoms with E-state index in [1.807, 2.05) is 40.0 Å². The van der Waals surface area contributed by atoms with Crippen LogP contribution < -0.4 is 5.32 Å². The monoisotopic (exact) mass is 463 g/mol. The summed E-state index contributed by atoms with van der Waals surface area (Å²) in [5.74, 6) is 0.715. The van der Waals surface area contributed by atoms with Crippen molar-refractivity contribution in [2.75, 3.05) is 5.32 Å². The number of anilines is 1. The highest BCUT2D eigenvalue weighted by atomic mass is 35.5. The number of nitrogens with one attached hydrogen (secondary N) is 1. The van der Waals surface area contributed by atoms with Gasteiger partial charge in [0.05, 0.1) is 18.5 Å². The molecular formula is C23H19Cl2N7. The molecule has 7 nitrogen and oxygen atoms in total. The lowest BCUT2D eigenvalue weighted by molar-refractivity contribution is 0.681. The Morgan fingerprint density at radius 3 is 2.25 bits per heavy atom. The molecule has 0 fully saturated rings. The van der Waals surface area contributed by atoms with Gasteiger partial charge in [0.25, 0.3) is 0 Å². The van der Waals surface area contributed by atoms with Crippen molar-refractivity contribution in [2.45, 2.75) is 19.6 Å². The van der Waals surface area contributed by atoms with Gasteiger partial charge in [0, 0.05) is 35.2 Å². The van der Waals surface area contributed by atoms with Crippen molar-refractivity contribution in [3.8, 4) is 0 Å². The van der Waals surface area contributed by atoms with E-state index in [-0.39, 0.29) is 0 Å². The summed E-state index contributed by atoms with van der Waals surface area (Å²) in [7, 11) is 0. The summed E-state index contributed by atoms with van der Waals surface area (Å²) in [6.45, 7) is 1.93. The van der Waals surface area contributed by atoms with Crippen LogP contribution in [0.15, 0.2) is 73.4 Å². The Hall–Kier alpha value is -3.42. The molecule has 2 aromatic carbocycles. The minimum atomic E-state index is 0.537. The van der Waals surface area contributed by atoms with Crippen molar-refractivity contribution in [3.63, 3.8) is 0 Å². The predicted molar refractivity (Wildman–Crippen MR) is 126 cm³/mol. The van der Waals surface area contributed by atoms with Crippen molar-refractivity contribution >= 4 is 40.1 Å². The van der Waals surface area contributed by atoms with Gasteiger partial charge in [0.1, 0.15) is 12.1 Å². The molecular weight excluding hydrogens is 445 g/mol. The Bertz CT molecular complexity index is 1320. The van der Waals surface area contributed by atoms with Gasteiger partial charge in [-0.2, -0.15) is 10.2 Å². The molecule has 0 amide bonds. The van der Waals surface area contributed by atoms with Gasteiger partial charge in [0.2, 0.25) is 0 Å². The Kier molecular flexibility index (Phi) is 5.75. The molecule has 0 aliphatic carbocycles. The molecule has 0 atom stereocenters. The van der Waals surface area contributed by atoms with Gasteiger partial charge >= 0.3 is 0 Å². The van der Waals surface area contributed by atoms with Crippen molar-refractivity contribution in [2.24, 2.45) is 0 Å². The normalized spacial score (nSPS) is 11.2. The smallest absolute Gasteiger partial charge is 0.186 e. The molecule has 0 spiro atoms. The first-order valence-electron chi connectivity index (χ1n) is 10.0. The molecule has 0 bridgehead atoms. The third kappa shape index (κ3) is 4.74. The Morgan fingerprint density at radius 1 is 0.844 bits per heavy atom. The van der Waals surface area contributed by atoms with Crippen LogP contribution in [0, 0.1) is 0 Å². The summed E-state index contributed by atoms with van der Waals surface area (Å²) in [5, 5.41) is 14.2. The second-order valence-corrected chi connectivity index (χ2v) is 8.31. The standard InChI is InChI=1S/C23H19Cl2N7/c24-19-8-18(9-20(25)10-19)11-26-22-21-14-32(30-23(21)28-15-27-22)13-17-4-2-16(3-5-17)12-31-7-1-6-29-31/h1-10,14-15H,11-13H2,(H,26,27,28,30). The van der Waals surface area contributed by atoms with E-state index >= 15 is 0 Å². The van der Waals surface area contributed by atoms with Gasteiger partial charge in [-0.3, -0.25) is 9.36 Å². The van der Waals surface area contributed by atoms with Gasteiger partial charge < -0.3 is 5.32 Å². The molecule has 0 radical (unpaired) electrons. The molecule has 9 heteroatoms. The third-order valence-corrected chi connectivity index (χ3v) is 5.45. The molecule has 5 rings (SSSR count). The minimum absolute atomic E-state index is 0.537. The molecule has 3 heterocycles. The number of hydrogen-bond donors (Lipinski definition) is 1. The first-order chi connectivity index (χ1) is 15.6. The fourth-order valence-corrected chi connectivity index (χ4v) is 4.09. The number of hydrogen-bond acceptors (Lipinski definition) is 5. The molecule has 32 heavy (non-hydrogen) atoms. The quantitative estimate of drug-likeness (QED) is 0.366. The van der Waals surface area contributed by atoms with Crippen LogP contribution in [0.4, 0.5) is 5.82 Å². The van der Waals surface area contributed by atoms with E-state index in [0.29, 0.717) is 34.6 Å². The molecule has 0 aliphatic rings. The first kappa shape index (κ1) is 20.5. The highest BCUT2D eigenvalue weighted by Crippen LogP contribution is 2.22. The largest absolute Gasteiger partial charge is 0.365 e. The van der Waals surface area contributed by atoms with Crippen LogP contribution >= 0.6 is 23.2 Å². The average molecular weight is 464 g/mol. The van der Waals surface area contributed by atoms with E-state index in [0.717, 1.165) is 23.1 Å². The highest BCUT2D eigenvalue weighted by Gasteiger charge is 2.09. The van der Waals surface area contributed by atoms with Crippen molar-refractivity contribution in [1.82, 2.24) is 29.5 Å². The lowest BCUT2D eigenvalue weighted by atomic mass is 10.1. The average Bonchev–Trinajstić information content (AvgIpc) is 3.42. The minimum Gasteiger partial charge on any atom is -0.365 e. The van der Waals surface area contributed by atoms with E-state index in [4.69, 9.17) is 23.2 Å². The number of rotatable bonds is 7. The molecule has 3 aromatic heterocycles. The lowest BCUT2D eigenvalue weighted by Gasteiger charge is -2.07. The van der Waals surface area contributed by atoms with E-state index in [1.54, 1.807) is 12.3 Å². The topological polar surface area (TPSA) is 73.5 Å². The molecule has 0 unspecified atom stereocenters. The fourth-order valence-electron chi connectivity index (χ4n) is 3.52.